The van der Waals surface area contributed by atoms with E-state index < -0.39 is 10.9 Å². The van der Waals surface area contributed by atoms with Crippen molar-refractivity contribution in [2.75, 3.05) is 0 Å². The van der Waals surface area contributed by atoms with Gasteiger partial charge >= 0.3 is 0 Å². The van der Waals surface area contributed by atoms with Crippen molar-refractivity contribution in [2.45, 2.75) is 20.0 Å². The molecule has 0 aromatic carbocycles. The summed E-state index contributed by atoms with van der Waals surface area (Å²) in [5, 5.41) is 0. The van der Waals surface area contributed by atoms with Gasteiger partial charge in [0.15, 0.2) is 0 Å². The molecule has 0 aromatic rings. The molecule has 0 unspecified atom stereocenters. The Morgan fingerprint density at radius 3 is 2.12 bits per heavy atom. The third kappa shape index (κ3) is 5.87. The van der Waals surface area contributed by atoms with Gasteiger partial charge < -0.3 is 0 Å². The molecule has 4 nitrogen and oxygen atoms in total. The van der Waals surface area contributed by atoms with Crippen LogP contribution in [0.4, 0.5) is 0 Å². The summed E-state index contributed by atoms with van der Waals surface area (Å²) in [5.74, 6) is 0. The fourth-order valence-electron chi connectivity index (χ4n) is 0.148. The van der Waals surface area contributed by atoms with E-state index in [-0.39, 0.29) is 6.10 Å². The second-order valence-electron chi connectivity index (χ2n) is 1.52. The molecule has 0 radical (unpaired) electrons. The summed E-state index contributed by atoms with van der Waals surface area (Å²) in [7, 11) is -2.61. The van der Waals surface area contributed by atoms with E-state index in [1.807, 2.05) is 0 Å². The van der Waals surface area contributed by atoms with E-state index in [4.69, 9.17) is 0 Å². The second-order valence-corrected chi connectivity index (χ2v) is 2.21. The molecular formula is C3H9NO3S. The fraction of sp³-hybridized carbons (Fsp3) is 1.00. The van der Waals surface area contributed by atoms with Crippen molar-refractivity contribution in [1.29, 1.82) is 0 Å². The monoisotopic (exact) mass is 139 g/mol. The molecule has 0 aliphatic carbocycles. The first-order chi connectivity index (χ1) is 3.63. The van der Waals surface area contributed by atoms with Gasteiger partial charge in [-0.25, -0.2) is 8.42 Å². The Labute approximate surface area is 49.9 Å². The van der Waals surface area contributed by atoms with Crippen LogP contribution in [0.2, 0.25) is 0 Å². The van der Waals surface area contributed by atoms with E-state index in [1.54, 1.807) is 18.7 Å². The Balaban J connectivity index is 3.18. The van der Waals surface area contributed by atoms with E-state index in [0.717, 1.165) is 0 Å². The van der Waals surface area contributed by atoms with Gasteiger partial charge in [0.05, 0.1) is 6.10 Å². The molecule has 50 valence electrons. The van der Waals surface area contributed by atoms with Crippen molar-refractivity contribution in [3.63, 3.8) is 0 Å². The molecule has 1 N–H and O–H groups in total. The Bertz CT molecular complexity index is 112. The van der Waals surface area contributed by atoms with Gasteiger partial charge in [0.2, 0.25) is 10.9 Å². The molecule has 8 heavy (non-hydrogen) atoms. The highest BCUT2D eigenvalue weighted by molar-refractivity contribution is 7.70. The van der Waals surface area contributed by atoms with E-state index in [9.17, 15) is 8.42 Å². The minimum Gasteiger partial charge on any atom is -0.285 e. The molecule has 5 heteroatoms. The van der Waals surface area contributed by atoms with Crippen molar-refractivity contribution in [3.8, 4) is 0 Å². The maximum Gasteiger partial charge on any atom is 0.223 e. The van der Waals surface area contributed by atoms with Crippen LogP contribution in [0, 0.1) is 0 Å². The molecule has 0 saturated carbocycles. The molecule has 0 heterocycles. The third-order valence-corrected chi connectivity index (χ3v) is 0.617. The van der Waals surface area contributed by atoms with Gasteiger partial charge in [-0.3, -0.25) is 4.84 Å². The van der Waals surface area contributed by atoms with Crippen molar-refractivity contribution in [2.24, 2.45) is 0 Å². The average molecular weight is 139 g/mol. The quantitative estimate of drug-likeness (QED) is 0.407. The second kappa shape index (κ2) is 3.82. The SMILES string of the molecule is CC(C)ON[SH](=O)=O. The van der Waals surface area contributed by atoms with Gasteiger partial charge in [-0.2, -0.15) is 0 Å². The van der Waals surface area contributed by atoms with Gasteiger partial charge in [-0.15, -0.1) is 0 Å². The molecule has 0 amide bonds. The van der Waals surface area contributed by atoms with Gasteiger partial charge in [0.25, 0.3) is 0 Å². The lowest BCUT2D eigenvalue weighted by molar-refractivity contribution is 0.0431. The van der Waals surface area contributed by atoms with Crippen molar-refractivity contribution in [1.82, 2.24) is 4.89 Å². The summed E-state index contributed by atoms with van der Waals surface area (Å²) in [6.07, 6.45) is -0.108. The van der Waals surface area contributed by atoms with Crippen LogP contribution in [-0.2, 0) is 15.7 Å². The number of nitrogens with one attached hydrogen (secondary N) is 1. The summed E-state index contributed by atoms with van der Waals surface area (Å²) in [4.78, 5) is 6.26. The predicted molar refractivity (Wildman–Crippen MR) is 29.7 cm³/mol. The molecule has 0 aromatic heterocycles. The zero-order chi connectivity index (χ0) is 6.57. The minimum absolute atomic E-state index is 0.108. The molecule has 0 aliphatic heterocycles. The summed E-state index contributed by atoms with van der Waals surface area (Å²) in [6.45, 7) is 3.46. The predicted octanol–water partition coefficient (Wildman–Crippen LogP) is -0.558. The van der Waals surface area contributed by atoms with Gasteiger partial charge in [-0.05, 0) is 13.8 Å². The molecule has 0 saturated heterocycles. The number of hydrogen-bond donors (Lipinski definition) is 2. The molecular weight excluding hydrogens is 130 g/mol. The highest BCUT2D eigenvalue weighted by atomic mass is 32.2. The number of thiol groups is 1. The Kier molecular flexibility index (Phi) is 3.76. The highest BCUT2D eigenvalue weighted by Crippen LogP contribution is 1.79. The summed E-state index contributed by atoms with van der Waals surface area (Å²) < 4.78 is 19.4. The van der Waals surface area contributed by atoms with Gasteiger partial charge in [-0.1, -0.05) is 4.89 Å². The average Bonchev–Trinajstić information content (AvgIpc) is 1.61. The molecule has 0 bridgehead atoms. The molecule has 0 fully saturated rings. The minimum atomic E-state index is -2.61. The lowest BCUT2D eigenvalue weighted by Gasteiger charge is -2.00. The topological polar surface area (TPSA) is 55.4 Å². The van der Waals surface area contributed by atoms with Crippen molar-refractivity contribution in [3.05, 3.63) is 0 Å². The van der Waals surface area contributed by atoms with Gasteiger partial charge in [0.1, 0.15) is 0 Å². The van der Waals surface area contributed by atoms with Crippen molar-refractivity contribution < 1.29 is 13.3 Å². The zero-order valence-corrected chi connectivity index (χ0v) is 5.64. The zero-order valence-electron chi connectivity index (χ0n) is 4.75. The summed E-state index contributed by atoms with van der Waals surface area (Å²) in [6, 6.07) is 0. The fourth-order valence-corrected chi connectivity index (χ4v) is 0.445. The van der Waals surface area contributed by atoms with Crippen LogP contribution in [0.15, 0.2) is 0 Å². The molecule has 0 rings (SSSR count). The standard InChI is InChI=1S/C3H9NO3S/c1-3(2)7-4-8(5)6/h3,8H,1-2H3,(H,4,5,6). The number of rotatable bonds is 3. The number of hydrogen-bond acceptors (Lipinski definition) is 3. The first-order valence-corrected chi connectivity index (χ1v) is 3.36. The third-order valence-electron chi connectivity index (χ3n) is 0.363. The Hall–Kier alpha value is -0.130. The summed E-state index contributed by atoms with van der Waals surface area (Å²) >= 11 is 0. The smallest absolute Gasteiger partial charge is 0.223 e. The molecule has 0 aliphatic rings. The van der Waals surface area contributed by atoms with E-state index in [0.29, 0.717) is 0 Å². The first-order valence-electron chi connectivity index (χ1n) is 2.18. The maximum atomic E-state index is 9.70. The van der Waals surface area contributed by atoms with Crippen LogP contribution in [0.3, 0.4) is 0 Å². The summed E-state index contributed by atoms with van der Waals surface area (Å²) in [5.41, 5.74) is 0. The van der Waals surface area contributed by atoms with Crippen LogP contribution in [-0.4, -0.2) is 14.5 Å². The van der Waals surface area contributed by atoms with Crippen molar-refractivity contribution >= 4 is 10.9 Å². The van der Waals surface area contributed by atoms with E-state index in [2.05, 4.69) is 4.84 Å². The first kappa shape index (κ1) is 7.87. The molecule has 0 atom stereocenters. The van der Waals surface area contributed by atoms with Crippen LogP contribution in [0.1, 0.15) is 13.8 Å². The van der Waals surface area contributed by atoms with Crippen LogP contribution < -0.4 is 4.89 Å². The van der Waals surface area contributed by atoms with Gasteiger partial charge in [0, 0.05) is 0 Å². The molecule has 0 spiro atoms. The van der Waals surface area contributed by atoms with Crippen LogP contribution in [0.5, 0.6) is 0 Å². The van der Waals surface area contributed by atoms with Crippen LogP contribution in [0.25, 0.3) is 0 Å². The Morgan fingerprint density at radius 2 is 2.00 bits per heavy atom. The lowest BCUT2D eigenvalue weighted by atomic mass is 10.5. The Morgan fingerprint density at radius 1 is 1.50 bits per heavy atom. The van der Waals surface area contributed by atoms with Crippen LogP contribution >= 0.6 is 0 Å². The maximum absolute atomic E-state index is 9.70. The highest BCUT2D eigenvalue weighted by Gasteiger charge is 1.89. The largest absolute Gasteiger partial charge is 0.285 e. The van der Waals surface area contributed by atoms with E-state index in [1.165, 1.54) is 0 Å². The normalized spacial score (nSPS) is 11.0. The lowest BCUT2D eigenvalue weighted by Crippen LogP contribution is -2.17. The van der Waals surface area contributed by atoms with E-state index >= 15 is 0 Å².